The first-order valence-corrected chi connectivity index (χ1v) is 7.03. The highest BCUT2D eigenvalue weighted by molar-refractivity contribution is 5.98. The Hall–Kier alpha value is -1.81. The fourth-order valence-corrected chi connectivity index (χ4v) is 2.33. The van der Waals surface area contributed by atoms with E-state index in [2.05, 4.69) is 12.2 Å². The molecule has 20 heavy (non-hydrogen) atoms. The normalized spacial score (nSPS) is 14.2. The Bertz CT molecular complexity index is 604. The van der Waals surface area contributed by atoms with Gasteiger partial charge in [0.1, 0.15) is 0 Å². The van der Waals surface area contributed by atoms with E-state index < -0.39 is 0 Å². The number of aromatic nitrogens is 1. The van der Waals surface area contributed by atoms with E-state index in [4.69, 9.17) is 0 Å². The predicted molar refractivity (Wildman–Crippen MR) is 80.7 cm³/mol. The van der Waals surface area contributed by atoms with Crippen molar-refractivity contribution in [2.45, 2.75) is 26.3 Å². The smallest absolute Gasteiger partial charge is 0.251 e. The molecule has 2 rings (SSSR count). The van der Waals surface area contributed by atoms with Gasteiger partial charge in [-0.3, -0.25) is 4.79 Å². The maximum Gasteiger partial charge on any atom is 0.251 e. The summed E-state index contributed by atoms with van der Waals surface area (Å²) in [5.41, 5.74) is 1.73. The molecule has 2 N–H and O–H groups in total. The Morgan fingerprint density at radius 2 is 2.15 bits per heavy atom. The molecule has 1 amide bonds. The third-order valence-electron chi connectivity index (χ3n) is 3.99. The van der Waals surface area contributed by atoms with Crippen molar-refractivity contribution in [3.05, 3.63) is 36.0 Å². The molecule has 4 heteroatoms. The van der Waals surface area contributed by atoms with Gasteiger partial charge in [0.05, 0.1) is 12.6 Å². The third-order valence-corrected chi connectivity index (χ3v) is 3.99. The summed E-state index contributed by atoms with van der Waals surface area (Å²) in [6, 6.07) is 7.45. The first-order chi connectivity index (χ1) is 9.56. The van der Waals surface area contributed by atoms with Crippen molar-refractivity contribution < 1.29 is 9.90 Å². The number of hydrogen-bond donors (Lipinski definition) is 2. The molecule has 1 aromatic carbocycles. The standard InChI is InChI=1S/C16H22N2O2/c1-4-11(2)14(10-19)17-16(20)13-5-6-15-12(9-13)7-8-18(15)3/h5-9,11,14,19H,4,10H2,1-3H3,(H,17,20)/t11-,14-/m1/s1. The van der Waals surface area contributed by atoms with Gasteiger partial charge < -0.3 is 15.0 Å². The number of carbonyl (C=O) groups excluding carboxylic acids is 1. The molecule has 4 nitrogen and oxygen atoms in total. The van der Waals surface area contributed by atoms with Gasteiger partial charge in [-0.2, -0.15) is 0 Å². The van der Waals surface area contributed by atoms with Gasteiger partial charge >= 0.3 is 0 Å². The van der Waals surface area contributed by atoms with Crippen molar-refractivity contribution in [2.24, 2.45) is 13.0 Å². The van der Waals surface area contributed by atoms with Crippen LogP contribution in [0.3, 0.4) is 0 Å². The lowest BCUT2D eigenvalue weighted by molar-refractivity contribution is 0.0891. The van der Waals surface area contributed by atoms with Crippen LogP contribution in [-0.4, -0.2) is 28.2 Å². The van der Waals surface area contributed by atoms with E-state index in [1.54, 1.807) is 0 Å². The van der Waals surface area contributed by atoms with Gasteiger partial charge in [-0.25, -0.2) is 0 Å². The van der Waals surface area contributed by atoms with Crippen molar-refractivity contribution in [2.75, 3.05) is 6.61 Å². The van der Waals surface area contributed by atoms with Crippen LogP contribution >= 0.6 is 0 Å². The van der Waals surface area contributed by atoms with Crippen molar-refractivity contribution in [3.8, 4) is 0 Å². The Morgan fingerprint density at radius 3 is 2.80 bits per heavy atom. The van der Waals surface area contributed by atoms with Crippen LogP contribution in [0.2, 0.25) is 0 Å². The summed E-state index contributed by atoms with van der Waals surface area (Å²) < 4.78 is 2.02. The molecule has 2 aromatic rings. The highest BCUT2D eigenvalue weighted by Gasteiger charge is 2.18. The molecule has 0 fully saturated rings. The molecular formula is C16H22N2O2. The number of fused-ring (bicyclic) bond motifs is 1. The molecule has 0 radical (unpaired) electrons. The highest BCUT2D eigenvalue weighted by atomic mass is 16.3. The molecule has 0 aliphatic rings. The SMILES string of the molecule is CC[C@@H](C)[C@@H](CO)NC(=O)c1ccc2c(ccn2C)c1. The quantitative estimate of drug-likeness (QED) is 0.879. The van der Waals surface area contributed by atoms with Gasteiger partial charge in [-0.1, -0.05) is 20.3 Å². The van der Waals surface area contributed by atoms with Crippen LogP contribution in [0.5, 0.6) is 0 Å². The Labute approximate surface area is 119 Å². The minimum atomic E-state index is -0.195. The van der Waals surface area contributed by atoms with Crippen LogP contribution in [0, 0.1) is 5.92 Å². The topological polar surface area (TPSA) is 54.3 Å². The second kappa shape index (κ2) is 6.09. The molecule has 1 aromatic heterocycles. The average Bonchev–Trinajstić information content (AvgIpc) is 2.84. The second-order valence-corrected chi connectivity index (χ2v) is 5.35. The second-order valence-electron chi connectivity index (χ2n) is 5.35. The van der Waals surface area contributed by atoms with E-state index in [1.165, 1.54) is 0 Å². The molecule has 0 spiro atoms. The van der Waals surface area contributed by atoms with E-state index in [0.29, 0.717) is 5.56 Å². The maximum absolute atomic E-state index is 12.3. The fourth-order valence-electron chi connectivity index (χ4n) is 2.33. The van der Waals surface area contributed by atoms with Crippen LogP contribution in [-0.2, 0) is 7.05 Å². The number of rotatable bonds is 5. The number of aryl methyl sites for hydroxylation is 1. The summed E-state index contributed by atoms with van der Waals surface area (Å²) in [7, 11) is 1.98. The Morgan fingerprint density at radius 1 is 1.40 bits per heavy atom. The van der Waals surface area contributed by atoms with Crippen molar-refractivity contribution in [1.29, 1.82) is 0 Å². The Balaban J connectivity index is 2.18. The minimum absolute atomic E-state index is 0.0334. The summed E-state index contributed by atoms with van der Waals surface area (Å²) in [5.74, 6) is 0.125. The molecule has 1 heterocycles. The fraction of sp³-hybridized carbons (Fsp3) is 0.438. The molecule has 0 bridgehead atoms. The van der Waals surface area contributed by atoms with Crippen LogP contribution in [0.15, 0.2) is 30.5 Å². The molecule has 0 aliphatic heterocycles. The molecule has 0 aliphatic carbocycles. The molecule has 0 saturated carbocycles. The molecule has 108 valence electrons. The number of nitrogens with zero attached hydrogens (tertiary/aromatic N) is 1. The number of amides is 1. The first-order valence-electron chi connectivity index (χ1n) is 7.03. The van der Waals surface area contributed by atoms with Crippen LogP contribution in [0.4, 0.5) is 0 Å². The highest BCUT2D eigenvalue weighted by Crippen LogP contribution is 2.17. The van der Waals surface area contributed by atoms with Gasteiger partial charge in [0.15, 0.2) is 0 Å². The third kappa shape index (κ3) is 2.85. The zero-order chi connectivity index (χ0) is 14.7. The predicted octanol–water partition coefficient (Wildman–Crippen LogP) is 2.32. The monoisotopic (exact) mass is 274 g/mol. The van der Waals surface area contributed by atoms with E-state index in [-0.39, 0.29) is 24.5 Å². The van der Waals surface area contributed by atoms with Crippen LogP contribution < -0.4 is 5.32 Å². The summed E-state index contributed by atoms with van der Waals surface area (Å²) in [6.45, 7) is 4.05. The average molecular weight is 274 g/mol. The van der Waals surface area contributed by atoms with Crippen molar-refractivity contribution in [1.82, 2.24) is 9.88 Å². The van der Waals surface area contributed by atoms with E-state index in [1.807, 2.05) is 49.0 Å². The van der Waals surface area contributed by atoms with Crippen molar-refractivity contribution >= 4 is 16.8 Å². The lowest BCUT2D eigenvalue weighted by atomic mass is 9.99. The van der Waals surface area contributed by atoms with Gasteiger partial charge in [0.2, 0.25) is 0 Å². The maximum atomic E-state index is 12.3. The number of carbonyl (C=O) groups is 1. The van der Waals surface area contributed by atoms with Gasteiger partial charge in [-0.05, 0) is 30.2 Å². The van der Waals surface area contributed by atoms with Gasteiger partial charge in [0.25, 0.3) is 5.91 Å². The number of aliphatic hydroxyl groups is 1. The van der Waals surface area contributed by atoms with E-state index >= 15 is 0 Å². The Kier molecular flexibility index (Phi) is 4.45. The lowest BCUT2D eigenvalue weighted by Crippen LogP contribution is -2.41. The summed E-state index contributed by atoms with van der Waals surface area (Å²) >= 11 is 0. The number of benzene rings is 1. The summed E-state index contributed by atoms with van der Waals surface area (Å²) in [4.78, 5) is 12.3. The summed E-state index contributed by atoms with van der Waals surface area (Å²) in [6.07, 6.45) is 2.89. The number of nitrogens with one attached hydrogen (secondary N) is 1. The van der Waals surface area contributed by atoms with E-state index in [9.17, 15) is 9.90 Å². The lowest BCUT2D eigenvalue weighted by Gasteiger charge is -2.22. The largest absolute Gasteiger partial charge is 0.394 e. The molecule has 0 unspecified atom stereocenters. The number of aliphatic hydroxyl groups excluding tert-OH is 1. The van der Waals surface area contributed by atoms with E-state index in [0.717, 1.165) is 17.3 Å². The zero-order valence-electron chi connectivity index (χ0n) is 12.3. The molecule has 0 saturated heterocycles. The van der Waals surface area contributed by atoms with Gasteiger partial charge in [0, 0.05) is 29.7 Å². The number of hydrogen-bond acceptors (Lipinski definition) is 2. The van der Waals surface area contributed by atoms with Crippen LogP contribution in [0.1, 0.15) is 30.6 Å². The van der Waals surface area contributed by atoms with Crippen molar-refractivity contribution in [3.63, 3.8) is 0 Å². The van der Waals surface area contributed by atoms with Gasteiger partial charge in [-0.15, -0.1) is 0 Å². The summed E-state index contributed by atoms with van der Waals surface area (Å²) in [5, 5.41) is 13.3. The zero-order valence-corrected chi connectivity index (χ0v) is 12.3. The molecule has 2 atom stereocenters. The first kappa shape index (κ1) is 14.6. The van der Waals surface area contributed by atoms with Crippen LogP contribution in [0.25, 0.3) is 10.9 Å². The molecular weight excluding hydrogens is 252 g/mol. The minimum Gasteiger partial charge on any atom is -0.394 e.